The lowest BCUT2D eigenvalue weighted by Gasteiger charge is -2.39. The zero-order valence-electron chi connectivity index (χ0n) is 16.6. The van der Waals surface area contributed by atoms with Crippen molar-refractivity contribution in [3.8, 4) is 6.07 Å². The lowest BCUT2D eigenvalue weighted by atomic mass is 10.0. The number of H-pyrrole nitrogens is 1. The second kappa shape index (κ2) is 8.03. The molecule has 8 heteroatoms. The molecule has 4 rings (SSSR count). The lowest BCUT2D eigenvalue weighted by molar-refractivity contribution is 0.116. The number of rotatable bonds is 4. The van der Waals surface area contributed by atoms with Crippen LogP contribution in [-0.4, -0.2) is 59.1 Å². The number of hydrogen-bond acceptors (Lipinski definition) is 3. The van der Waals surface area contributed by atoms with Gasteiger partial charge in [-0.3, -0.25) is 0 Å². The number of carbonyl (C=O) groups excluding carboxylic acids is 2. The molecule has 2 aromatic rings. The van der Waals surface area contributed by atoms with E-state index in [9.17, 15) is 9.59 Å². The third-order valence-electron chi connectivity index (χ3n) is 5.70. The topological polar surface area (TPSA) is 104 Å². The van der Waals surface area contributed by atoms with Gasteiger partial charge in [0.2, 0.25) is 0 Å². The Morgan fingerprint density at radius 1 is 1.28 bits per heavy atom. The van der Waals surface area contributed by atoms with Crippen LogP contribution in [0.25, 0.3) is 10.9 Å². The first-order chi connectivity index (χ1) is 14.1. The lowest BCUT2D eigenvalue weighted by Crippen LogP contribution is -2.56. The van der Waals surface area contributed by atoms with Gasteiger partial charge in [0, 0.05) is 37.4 Å². The second-order valence-corrected chi connectivity index (χ2v) is 7.80. The Morgan fingerprint density at radius 2 is 2.10 bits per heavy atom. The maximum absolute atomic E-state index is 13.0. The van der Waals surface area contributed by atoms with E-state index >= 15 is 0 Å². The van der Waals surface area contributed by atoms with E-state index in [0.29, 0.717) is 18.7 Å². The summed E-state index contributed by atoms with van der Waals surface area (Å²) in [5, 5.41) is 15.8. The number of piperidine rings is 1. The highest BCUT2D eigenvalue weighted by Crippen LogP contribution is 2.31. The van der Waals surface area contributed by atoms with Crippen LogP contribution in [0, 0.1) is 11.3 Å². The van der Waals surface area contributed by atoms with Crippen molar-refractivity contribution in [2.75, 3.05) is 20.1 Å². The van der Waals surface area contributed by atoms with Crippen molar-refractivity contribution in [3.05, 3.63) is 35.5 Å². The van der Waals surface area contributed by atoms with Crippen molar-refractivity contribution < 1.29 is 9.59 Å². The van der Waals surface area contributed by atoms with Gasteiger partial charge in [0.05, 0.1) is 24.2 Å². The van der Waals surface area contributed by atoms with E-state index in [0.717, 1.165) is 48.8 Å². The molecule has 8 nitrogen and oxygen atoms in total. The third kappa shape index (κ3) is 4.14. The molecule has 29 heavy (non-hydrogen) atoms. The number of fused-ring (bicyclic) bond motifs is 1. The Kier molecular flexibility index (Phi) is 5.30. The molecule has 4 amide bonds. The van der Waals surface area contributed by atoms with Crippen molar-refractivity contribution in [2.45, 2.75) is 44.3 Å². The Morgan fingerprint density at radius 3 is 2.83 bits per heavy atom. The van der Waals surface area contributed by atoms with Crippen LogP contribution in [0.1, 0.15) is 36.9 Å². The number of aromatic nitrogens is 1. The van der Waals surface area contributed by atoms with Crippen molar-refractivity contribution in [3.63, 3.8) is 0 Å². The standard InChI is InChI=1S/C21H26N6O2/c1-23-20(28)26-8-2-3-18(13-26)27(17-6-7-17)21(29)24-12-16-10-15-5-4-14(11-22)9-19(15)25-16/h4-5,9-10,17-18,25H,2-3,6-8,12-13H2,1H3,(H,23,28)(H,24,29)/t18-/m1/s1. The van der Waals surface area contributed by atoms with E-state index < -0.39 is 0 Å². The molecule has 2 fully saturated rings. The van der Waals surface area contributed by atoms with Gasteiger partial charge in [-0.25, -0.2) is 9.59 Å². The van der Waals surface area contributed by atoms with Gasteiger partial charge < -0.3 is 25.4 Å². The highest BCUT2D eigenvalue weighted by molar-refractivity contribution is 5.82. The van der Waals surface area contributed by atoms with Crippen LogP contribution in [0.2, 0.25) is 0 Å². The fraction of sp³-hybridized carbons (Fsp3) is 0.476. The van der Waals surface area contributed by atoms with Gasteiger partial charge in [-0.15, -0.1) is 0 Å². The zero-order valence-corrected chi connectivity index (χ0v) is 16.6. The molecule has 2 heterocycles. The first kappa shape index (κ1) is 19.1. The van der Waals surface area contributed by atoms with E-state index in [1.807, 2.05) is 23.1 Å². The van der Waals surface area contributed by atoms with Crippen LogP contribution in [0.4, 0.5) is 9.59 Å². The zero-order chi connectivity index (χ0) is 20.4. The number of amides is 4. The van der Waals surface area contributed by atoms with Gasteiger partial charge in [0.1, 0.15) is 0 Å². The predicted octanol–water partition coefficient (Wildman–Crippen LogP) is 2.52. The molecule has 1 aliphatic carbocycles. The maximum atomic E-state index is 13.0. The predicted molar refractivity (Wildman–Crippen MR) is 109 cm³/mol. The van der Waals surface area contributed by atoms with E-state index in [1.54, 1.807) is 18.0 Å². The first-order valence-corrected chi connectivity index (χ1v) is 10.1. The summed E-state index contributed by atoms with van der Waals surface area (Å²) in [6.07, 6.45) is 3.86. The Hall–Kier alpha value is -3.21. The molecule has 152 valence electrons. The molecule has 2 aliphatic rings. The highest BCUT2D eigenvalue weighted by Gasteiger charge is 2.39. The van der Waals surface area contributed by atoms with Crippen LogP contribution in [0.3, 0.4) is 0 Å². The van der Waals surface area contributed by atoms with Crippen molar-refractivity contribution in [1.82, 2.24) is 25.4 Å². The molecule has 1 atom stereocenters. The fourth-order valence-corrected chi connectivity index (χ4v) is 4.12. The van der Waals surface area contributed by atoms with Crippen LogP contribution < -0.4 is 10.6 Å². The number of benzene rings is 1. The molecule has 3 N–H and O–H groups in total. The monoisotopic (exact) mass is 394 g/mol. The van der Waals surface area contributed by atoms with Crippen LogP contribution in [-0.2, 0) is 6.54 Å². The summed E-state index contributed by atoms with van der Waals surface area (Å²) in [6, 6.07) is 9.79. The van der Waals surface area contributed by atoms with E-state index in [-0.39, 0.29) is 24.1 Å². The molecular formula is C21H26N6O2. The van der Waals surface area contributed by atoms with Gasteiger partial charge in [-0.05, 0) is 49.3 Å². The molecule has 0 spiro atoms. The summed E-state index contributed by atoms with van der Waals surface area (Å²) in [5.41, 5.74) is 2.39. The molecule has 1 aromatic carbocycles. The molecule has 1 saturated heterocycles. The summed E-state index contributed by atoms with van der Waals surface area (Å²) in [6.45, 7) is 1.70. The molecule has 0 unspecified atom stereocenters. The van der Waals surface area contributed by atoms with Gasteiger partial charge >= 0.3 is 12.1 Å². The van der Waals surface area contributed by atoms with Crippen molar-refractivity contribution in [2.24, 2.45) is 0 Å². The quantitative estimate of drug-likeness (QED) is 0.742. The number of nitriles is 1. The molecule has 1 saturated carbocycles. The Labute approximate surface area is 169 Å². The first-order valence-electron chi connectivity index (χ1n) is 10.1. The average Bonchev–Trinajstić information content (AvgIpc) is 3.49. The maximum Gasteiger partial charge on any atom is 0.318 e. The largest absolute Gasteiger partial charge is 0.357 e. The van der Waals surface area contributed by atoms with Crippen molar-refractivity contribution in [1.29, 1.82) is 5.26 Å². The summed E-state index contributed by atoms with van der Waals surface area (Å²) in [5.74, 6) is 0. The Balaban J connectivity index is 1.42. The molecule has 1 aliphatic heterocycles. The number of nitrogens with zero attached hydrogens (tertiary/aromatic N) is 3. The number of hydrogen-bond donors (Lipinski definition) is 3. The van der Waals surface area contributed by atoms with Crippen molar-refractivity contribution >= 4 is 23.0 Å². The second-order valence-electron chi connectivity index (χ2n) is 7.80. The summed E-state index contributed by atoms with van der Waals surface area (Å²) in [4.78, 5) is 32.0. The van der Waals surface area contributed by atoms with Gasteiger partial charge in [-0.1, -0.05) is 6.07 Å². The number of likely N-dealkylation sites (tertiary alicyclic amines) is 1. The van der Waals surface area contributed by atoms with E-state index in [2.05, 4.69) is 21.7 Å². The van der Waals surface area contributed by atoms with Gasteiger partial charge in [0.25, 0.3) is 0 Å². The average molecular weight is 394 g/mol. The summed E-state index contributed by atoms with van der Waals surface area (Å²) in [7, 11) is 1.64. The normalized spacial score (nSPS) is 18.9. The molecule has 0 radical (unpaired) electrons. The number of aromatic amines is 1. The van der Waals surface area contributed by atoms with E-state index in [1.165, 1.54) is 0 Å². The summed E-state index contributed by atoms with van der Waals surface area (Å²) < 4.78 is 0. The smallest absolute Gasteiger partial charge is 0.318 e. The molecular weight excluding hydrogens is 368 g/mol. The summed E-state index contributed by atoms with van der Waals surface area (Å²) >= 11 is 0. The number of urea groups is 2. The molecule has 1 aromatic heterocycles. The fourth-order valence-electron chi connectivity index (χ4n) is 4.12. The number of nitrogens with one attached hydrogen (secondary N) is 3. The Bertz CT molecular complexity index is 958. The van der Waals surface area contributed by atoms with E-state index in [4.69, 9.17) is 5.26 Å². The highest BCUT2D eigenvalue weighted by atomic mass is 16.2. The van der Waals surface area contributed by atoms with Gasteiger partial charge in [0.15, 0.2) is 0 Å². The van der Waals surface area contributed by atoms with Crippen LogP contribution in [0.5, 0.6) is 0 Å². The minimum absolute atomic E-state index is 0.0504. The minimum Gasteiger partial charge on any atom is -0.357 e. The SMILES string of the molecule is CNC(=O)N1CCC[C@@H](N(C(=O)NCc2cc3ccc(C#N)cc3[nH]2)C2CC2)C1. The number of carbonyl (C=O) groups is 2. The molecule has 0 bridgehead atoms. The van der Waals surface area contributed by atoms with Crippen LogP contribution >= 0.6 is 0 Å². The van der Waals surface area contributed by atoms with Gasteiger partial charge in [-0.2, -0.15) is 5.26 Å². The minimum atomic E-state index is -0.0827. The van der Waals surface area contributed by atoms with Crippen LogP contribution in [0.15, 0.2) is 24.3 Å². The third-order valence-corrected chi connectivity index (χ3v) is 5.70.